The van der Waals surface area contributed by atoms with Crippen LogP contribution in [0.1, 0.15) is 31.2 Å². The quantitative estimate of drug-likeness (QED) is 0.793. The summed E-state index contributed by atoms with van der Waals surface area (Å²) in [4.78, 5) is 7.24. The summed E-state index contributed by atoms with van der Waals surface area (Å²) >= 11 is 0. The van der Waals surface area contributed by atoms with Crippen molar-refractivity contribution in [3.8, 4) is 0 Å². The molecule has 1 fully saturated rings. The van der Waals surface area contributed by atoms with Crippen LogP contribution in [-0.2, 0) is 0 Å². The maximum absolute atomic E-state index is 5.86. The zero-order valence-electron chi connectivity index (χ0n) is 11.5. The van der Waals surface area contributed by atoms with E-state index in [1.165, 1.54) is 36.6 Å². The molecule has 0 bridgehead atoms. The topological polar surface area (TPSA) is 42.2 Å². The van der Waals surface area contributed by atoms with Crippen LogP contribution in [0.5, 0.6) is 0 Å². The summed E-state index contributed by atoms with van der Waals surface area (Å²) in [6.07, 6.45) is 5.25. The molecule has 100 valence electrons. The summed E-state index contributed by atoms with van der Waals surface area (Å²) in [5, 5.41) is 1.17. The van der Waals surface area contributed by atoms with Gasteiger partial charge in [0, 0.05) is 24.2 Å². The highest BCUT2D eigenvalue weighted by Crippen LogP contribution is 2.25. The van der Waals surface area contributed by atoms with Crippen LogP contribution in [0.2, 0.25) is 0 Å². The molecule has 3 rings (SSSR count). The molecular weight excluding hydrogens is 234 g/mol. The SMILES string of the molecule is Cc1cc(N2CCCCCC2)nc2ccc(N)cc12. The van der Waals surface area contributed by atoms with Crippen molar-refractivity contribution in [1.29, 1.82) is 0 Å². The maximum Gasteiger partial charge on any atom is 0.129 e. The van der Waals surface area contributed by atoms with Crippen LogP contribution in [-0.4, -0.2) is 18.1 Å². The number of aromatic nitrogens is 1. The second-order valence-electron chi connectivity index (χ2n) is 5.48. The minimum Gasteiger partial charge on any atom is -0.399 e. The second kappa shape index (κ2) is 5.08. The summed E-state index contributed by atoms with van der Waals surface area (Å²) in [6.45, 7) is 4.41. The Balaban J connectivity index is 2.02. The van der Waals surface area contributed by atoms with Gasteiger partial charge in [0.25, 0.3) is 0 Å². The first-order chi connectivity index (χ1) is 9.24. The van der Waals surface area contributed by atoms with E-state index < -0.39 is 0 Å². The van der Waals surface area contributed by atoms with Crippen LogP contribution in [0.15, 0.2) is 24.3 Å². The van der Waals surface area contributed by atoms with Crippen LogP contribution in [0.3, 0.4) is 0 Å². The van der Waals surface area contributed by atoms with Gasteiger partial charge >= 0.3 is 0 Å². The first-order valence-electron chi connectivity index (χ1n) is 7.16. The number of rotatable bonds is 1. The Kier molecular flexibility index (Phi) is 3.28. The number of hydrogen-bond acceptors (Lipinski definition) is 3. The van der Waals surface area contributed by atoms with E-state index in [9.17, 15) is 0 Å². The number of nitrogen functional groups attached to an aromatic ring is 1. The highest BCUT2D eigenvalue weighted by Gasteiger charge is 2.12. The molecule has 1 aliphatic heterocycles. The van der Waals surface area contributed by atoms with E-state index in [2.05, 4.69) is 17.9 Å². The van der Waals surface area contributed by atoms with Gasteiger partial charge < -0.3 is 10.6 Å². The molecule has 3 heteroatoms. The monoisotopic (exact) mass is 255 g/mol. The molecule has 19 heavy (non-hydrogen) atoms. The smallest absolute Gasteiger partial charge is 0.129 e. The Morgan fingerprint density at radius 1 is 1.05 bits per heavy atom. The van der Waals surface area contributed by atoms with Gasteiger partial charge in [0.15, 0.2) is 0 Å². The molecule has 0 atom stereocenters. The van der Waals surface area contributed by atoms with E-state index >= 15 is 0 Å². The van der Waals surface area contributed by atoms with Crippen LogP contribution in [0, 0.1) is 6.92 Å². The number of hydrogen-bond donors (Lipinski definition) is 1. The number of aryl methyl sites for hydroxylation is 1. The van der Waals surface area contributed by atoms with Crippen molar-refractivity contribution in [2.75, 3.05) is 23.7 Å². The van der Waals surface area contributed by atoms with Crippen molar-refractivity contribution in [2.45, 2.75) is 32.6 Å². The number of fused-ring (bicyclic) bond motifs is 1. The molecule has 0 spiro atoms. The number of benzene rings is 1. The Hall–Kier alpha value is -1.77. The van der Waals surface area contributed by atoms with Crippen molar-refractivity contribution < 1.29 is 0 Å². The van der Waals surface area contributed by atoms with Crippen molar-refractivity contribution >= 4 is 22.4 Å². The lowest BCUT2D eigenvalue weighted by molar-refractivity contribution is 0.726. The minimum atomic E-state index is 0.805. The Morgan fingerprint density at radius 3 is 2.53 bits per heavy atom. The minimum absolute atomic E-state index is 0.805. The van der Waals surface area contributed by atoms with E-state index in [1.54, 1.807) is 0 Å². The van der Waals surface area contributed by atoms with E-state index in [0.29, 0.717) is 0 Å². The Labute approximate surface area is 114 Å². The molecule has 0 unspecified atom stereocenters. The van der Waals surface area contributed by atoms with Gasteiger partial charge in [0.05, 0.1) is 5.52 Å². The van der Waals surface area contributed by atoms with Gasteiger partial charge in [-0.05, 0) is 49.6 Å². The molecule has 0 amide bonds. The van der Waals surface area contributed by atoms with E-state index in [-0.39, 0.29) is 0 Å². The molecule has 2 aromatic rings. The lowest BCUT2D eigenvalue weighted by Crippen LogP contribution is -2.24. The van der Waals surface area contributed by atoms with Crippen molar-refractivity contribution in [3.63, 3.8) is 0 Å². The van der Waals surface area contributed by atoms with Gasteiger partial charge in [-0.25, -0.2) is 4.98 Å². The first-order valence-corrected chi connectivity index (χ1v) is 7.16. The summed E-state index contributed by atoms with van der Waals surface area (Å²) in [7, 11) is 0. The normalized spacial score (nSPS) is 16.6. The third kappa shape index (κ3) is 2.50. The van der Waals surface area contributed by atoms with Crippen LogP contribution in [0.4, 0.5) is 11.5 Å². The van der Waals surface area contributed by atoms with Gasteiger partial charge in [-0.2, -0.15) is 0 Å². The number of nitrogens with zero attached hydrogens (tertiary/aromatic N) is 2. The van der Waals surface area contributed by atoms with Crippen LogP contribution >= 0.6 is 0 Å². The van der Waals surface area contributed by atoms with Gasteiger partial charge in [0.1, 0.15) is 5.82 Å². The molecule has 1 saturated heterocycles. The first kappa shape index (κ1) is 12.3. The fourth-order valence-corrected chi connectivity index (χ4v) is 2.86. The molecule has 2 N–H and O–H groups in total. The van der Waals surface area contributed by atoms with Gasteiger partial charge in [0.2, 0.25) is 0 Å². The zero-order valence-corrected chi connectivity index (χ0v) is 11.5. The average molecular weight is 255 g/mol. The Morgan fingerprint density at radius 2 is 1.79 bits per heavy atom. The van der Waals surface area contributed by atoms with Gasteiger partial charge in [-0.3, -0.25) is 0 Å². The highest BCUT2D eigenvalue weighted by atomic mass is 15.2. The van der Waals surface area contributed by atoms with Crippen LogP contribution in [0.25, 0.3) is 10.9 Å². The summed E-state index contributed by atoms with van der Waals surface area (Å²) < 4.78 is 0. The fourth-order valence-electron chi connectivity index (χ4n) is 2.86. The Bertz CT molecular complexity index is 584. The van der Waals surface area contributed by atoms with Gasteiger partial charge in [-0.15, -0.1) is 0 Å². The molecular formula is C16H21N3. The lowest BCUT2D eigenvalue weighted by atomic mass is 10.1. The second-order valence-corrected chi connectivity index (χ2v) is 5.48. The molecule has 0 radical (unpaired) electrons. The van der Waals surface area contributed by atoms with Crippen molar-refractivity contribution in [1.82, 2.24) is 4.98 Å². The van der Waals surface area contributed by atoms with Gasteiger partial charge in [-0.1, -0.05) is 12.8 Å². The molecule has 3 nitrogen and oxygen atoms in total. The predicted molar refractivity (Wildman–Crippen MR) is 81.6 cm³/mol. The van der Waals surface area contributed by atoms with E-state index in [1.807, 2.05) is 18.2 Å². The standard InChI is InChI=1S/C16H21N3/c1-12-10-16(19-8-4-2-3-5-9-19)18-15-7-6-13(17)11-14(12)15/h6-7,10-11H,2-5,8-9,17H2,1H3. The molecule has 1 aromatic carbocycles. The summed E-state index contributed by atoms with van der Waals surface area (Å²) in [5.41, 5.74) is 8.97. The third-order valence-corrected chi connectivity index (χ3v) is 3.96. The highest BCUT2D eigenvalue weighted by molar-refractivity contribution is 5.86. The molecule has 2 heterocycles. The van der Waals surface area contributed by atoms with E-state index in [0.717, 1.165) is 30.1 Å². The third-order valence-electron chi connectivity index (χ3n) is 3.96. The number of anilines is 2. The lowest BCUT2D eigenvalue weighted by Gasteiger charge is -2.22. The molecule has 0 saturated carbocycles. The van der Waals surface area contributed by atoms with Crippen molar-refractivity contribution in [2.24, 2.45) is 0 Å². The molecule has 0 aliphatic carbocycles. The summed E-state index contributed by atoms with van der Waals surface area (Å²) in [5.74, 6) is 1.12. The number of pyridine rings is 1. The summed E-state index contributed by atoms with van der Waals surface area (Å²) in [6, 6.07) is 8.18. The largest absolute Gasteiger partial charge is 0.399 e. The van der Waals surface area contributed by atoms with E-state index in [4.69, 9.17) is 10.7 Å². The predicted octanol–water partition coefficient (Wildman–Crippen LogP) is 3.51. The van der Waals surface area contributed by atoms with Crippen molar-refractivity contribution in [3.05, 3.63) is 29.8 Å². The fraction of sp³-hybridized carbons (Fsp3) is 0.438. The number of nitrogens with two attached hydrogens (primary N) is 1. The zero-order chi connectivity index (χ0) is 13.2. The molecule has 1 aromatic heterocycles. The average Bonchev–Trinajstić information content (AvgIpc) is 2.68. The van der Waals surface area contributed by atoms with Crippen LogP contribution < -0.4 is 10.6 Å². The maximum atomic E-state index is 5.86. The molecule has 1 aliphatic rings.